The van der Waals surface area contributed by atoms with Gasteiger partial charge in [0.1, 0.15) is 5.82 Å². The Balaban J connectivity index is 1.65. The van der Waals surface area contributed by atoms with Gasteiger partial charge >= 0.3 is 0 Å². The van der Waals surface area contributed by atoms with Crippen LogP contribution < -0.4 is 10.6 Å². The van der Waals surface area contributed by atoms with E-state index in [-0.39, 0.29) is 0 Å². The van der Waals surface area contributed by atoms with Crippen molar-refractivity contribution >= 4 is 23.1 Å². The van der Waals surface area contributed by atoms with Crippen molar-refractivity contribution in [3.8, 4) is 0 Å². The Hall–Kier alpha value is -1.99. The van der Waals surface area contributed by atoms with Crippen molar-refractivity contribution in [1.29, 1.82) is 0 Å². The van der Waals surface area contributed by atoms with Gasteiger partial charge in [-0.05, 0) is 19.1 Å². The molecule has 0 aliphatic carbocycles. The van der Waals surface area contributed by atoms with Crippen LogP contribution in [-0.4, -0.2) is 47.0 Å². The Morgan fingerprint density at radius 1 is 1.32 bits per heavy atom. The van der Waals surface area contributed by atoms with Gasteiger partial charge in [-0.25, -0.2) is 9.97 Å². The predicted octanol–water partition coefficient (Wildman–Crippen LogP) is 1.27. The van der Waals surface area contributed by atoms with Crippen molar-refractivity contribution in [1.82, 2.24) is 14.9 Å². The maximum absolute atomic E-state index is 11.5. The fraction of sp³-hybridized carbons (Fsp3) is 0.400. The van der Waals surface area contributed by atoms with Crippen molar-refractivity contribution in [3.63, 3.8) is 0 Å². The van der Waals surface area contributed by atoms with Crippen LogP contribution in [0.3, 0.4) is 0 Å². The summed E-state index contributed by atoms with van der Waals surface area (Å²) < 4.78 is 0. The number of primary amides is 1. The number of hydrogen-bond acceptors (Lipinski definition) is 6. The minimum absolute atomic E-state index is 0.425. The third-order valence-corrected chi connectivity index (χ3v) is 4.86. The van der Waals surface area contributed by atoms with E-state index in [1.54, 1.807) is 29.7 Å². The molecule has 0 atom stereocenters. The van der Waals surface area contributed by atoms with Crippen LogP contribution in [-0.2, 0) is 6.54 Å². The molecule has 1 amide bonds. The molecule has 6 nitrogen and oxygen atoms in total. The van der Waals surface area contributed by atoms with E-state index in [4.69, 9.17) is 5.73 Å². The van der Waals surface area contributed by atoms with Crippen molar-refractivity contribution in [3.05, 3.63) is 40.0 Å². The van der Waals surface area contributed by atoms with E-state index in [0.29, 0.717) is 11.4 Å². The summed E-state index contributed by atoms with van der Waals surface area (Å²) in [4.78, 5) is 26.0. The Kier molecular flexibility index (Phi) is 4.35. The number of aromatic nitrogens is 2. The van der Waals surface area contributed by atoms with E-state index >= 15 is 0 Å². The highest BCUT2D eigenvalue weighted by Gasteiger charge is 2.22. The van der Waals surface area contributed by atoms with Crippen LogP contribution in [0.4, 0.5) is 5.82 Å². The first-order valence-corrected chi connectivity index (χ1v) is 8.14. The minimum atomic E-state index is -0.425. The number of pyridine rings is 1. The quantitative estimate of drug-likeness (QED) is 0.919. The van der Waals surface area contributed by atoms with E-state index in [0.717, 1.165) is 38.4 Å². The molecule has 1 aliphatic rings. The van der Waals surface area contributed by atoms with Gasteiger partial charge in [-0.15, -0.1) is 11.3 Å². The average molecular weight is 317 g/mol. The predicted molar refractivity (Wildman–Crippen MR) is 87.1 cm³/mol. The zero-order valence-electron chi connectivity index (χ0n) is 12.5. The summed E-state index contributed by atoms with van der Waals surface area (Å²) in [7, 11) is 0. The number of amides is 1. The van der Waals surface area contributed by atoms with Crippen LogP contribution in [0.2, 0.25) is 0 Å². The van der Waals surface area contributed by atoms with E-state index < -0.39 is 5.91 Å². The number of rotatable bonds is 4. The second-order valence-corrected chi connectivity index (χ2v) is 6.30. The van der Waals surface area contributed by atoms with Crippen LogP contribution >= 0.6 is 11.3 Å². The monoisotopic (exact) mass is 317 g/mol. The van der Waals surface area contributed by atoms with Crippen LogP contribution in [0.1, 0.15) is 20.9 Å². The molecule has 2 aromatic rings. The van der Waals surface area contributed by atoms with Gasteiger partial charge in [-0.2, -0.15) is 0 Å². The molecule has 2 N–H and O–H groups in total. The molecule has 116 valence electrons. The second kappa shape index (κ2) is 6.41. The molecular formula is C15H19N5OS. The lowest BCUT2D eigenvalue weighted by atomic mass is 10.2. The molecule has 1 fully saturated rings. The molecule has 1 aliphatic heterocycles. The van der Waals surface area contributed by atoms with Gasteiger partial charge in [0.05, 0.1) is 16.8 Å². The number of piperazine rings is 1. The fourth-order valence-corrected chi connectivity index (χ4v) is 3.46. The number of nitrogens with two attached hydrogens (primary N) is 1. The van der Waals surface area contributed by atoms with Crippen molar-refractivity contribution in [2.24, 2.45) is 5.73 Å². The van der Waals surface area contributed by atoms with E-state index in [9.17, 15) is 4.79 Å². The van der Waals surface area contributed by atoms with Gasteiger partial charge in [0, 0.05) is 43.8 Å². The minimum Gasteiger partial charge on any atom is -0.365 e. The highest BCUT2D eigenvalue weighted by atomic mass is 32.1. The number of anilines is 1. The van der Waals surface area contributed by atoms with Crippen LogP contribution in [0.25, 0.3) is 0 Å². The molecule has 0 radical (unpaired) electrons. The second-order valence-electron chi connectivity index (χ2n) is 5.36. The SMILES string of the molecule is Cc1ncsc1CN1CCN(c2ncccc2C(N)=O)CC1. The Bertz CT molecular complexity index is 663. The largest absolute Gasteiger partial charge is 0.365 e. The first-order valence-electron chi connectivity index (χ1n) is 7.26. The highest BCUT2D eigenvalue weighted by molar-refractivity contribution is 7.09. The smallest absolute Gasteiger partial charge is 0.252 e. The summed E-state index contributed by atoms with van der Waals surface area (Å²) in [6.07, 6.45) is 1.70. The molecular weight excluding hydrogens is 298 g/mol. The number of carbonyl (C=O) groups is 1. The van der Waals surface area contributed by atoms with Gasteiger partial charge in [0.2, 0.25) is 0 Å². The normalized spacial score (nSPS) is 16.0. The molecule has 7 heteroatoms. The Morgan fingerprint density at radius 3 is 2.73 bits per heavy atom. The zero-order valence-corrected chi connectivity index (χ0v) is 13.3. The number of carbonyl (C=O) groups excluding carboxylic acids is 1. The summed E-state index contributed by atoms with van der Waals surface area (Å²) in [5.74, 6) is 0.273. The van der Waals surface area contributed by atoms with Crippen LogP contribution in [0, 0.1) is 6.92 Å². The fourth-order valence-electron chi connectivity index (χ4n) is 2.64. The van der Waals surface area contributed by atoms with E-state index in [2.05, 4.69) is 26.7 Å². The number of thiazole rings is 1. The lowest BCUT2D eigenvalue weighted by Crippen LogP contribution is -2.46. The summed E-state index contributed by atoms with van der Waals surface area (Å²) in [5.41, 5.74) is 8.94. The number of nitrogens with zero attached hydrogens (tertiary/aromatic N) is 4. The van der Waals surface area contributed by atoms with Crippen LogP contribution in [0.15, 0.2) is 23.8 Å². The van der Waals surface area contributed by atoms with Gasteiger partial charge in [-0.3, -0.25) is 9.69 Å². The zero-order chi connectivity index (χ0) is 15.5. The average Bonchev–Trinajstić information content (AvgIpc) is 2.93. The van der Waals surface area contributed by atoms with Crippen LogP contribution in [0.5, 0.6) is 0 Å². The summed E-state index contributed by atoms with van der Waals surface area (Å²) in [5, 5.41) is 0. The molecule has 2 aromatic heterocycles. The molecule has 0 spiro atoms. The molecule has 1 saturated heterocycles. The lowest BCUT2D eigenvalue weighted by molar-refractivity contribution is 0.1000. The van der Waals surface area contributed by atoms with Gasteiger partial charge in [-0.1, -0.05) is 0 Å². The molecule has 0 bridgehead atoms. The Morgan fingerprint density at radius 2 is 2.09 bits per heavy atom. The van der Waals surface area contributed by atoms with Gasteiger partial charge in [0.25, 0.3) is 5.91 Å². The van der Waals surface area contributed by atoms with Crippen molar-refractivity contribution in [2.45, 2.75) is 13.5 Å². The van der Waals surface area contributed by atoms with E-state index in [1.807, 2.05) is 5.51 Å². The van der Waals surface area contributed by atoms with Crippen molar-refractivity contribution in [2.75, 3.05) is 31.1 Å². The first kappa shape index (κ1) is 14.9. The first-order chi connectivity index (χ1) is 10.6. The maximum atomic E-state index is 11.5. The summed E-state index contributed by atoms with van der Waals surface area (Å²) in [6, 6.07) is 3.48. The molecule has 22 heavy (non-hydrogen) atoms. The molecule has 0 unspecified atom stereocenters. The standard InChI is InChI=1S/C15H19N5OS/c1-11-13(22-10-18-11)9-19-5-7-20(8-6-19)15-12(14(16)21)3-2-4-17-15/h2-4,10H,5-9H2,1H3,(H2,16,21). The molecule has 3 heterocycles. The third kappa shape index (κ3) is 3.10. The third-order valence-electron chi connectivity index (χ3n) is 3.94. The summed E-state index contributed by atoms with van der Waals surface area (Å²) in [6.45, 7) is 6.55. The molecule has 0 saturated carbocycles. The van der Waals surface area contributed by atoms with E-state index in [1.165, 1.54) is 4.88 Å². The molecule has 0 aromatic carbocycles. The Labute approximate surface area is 133 Å². The maximum Gasteiger partial charge on any atom is 0.252 e. The number of aryl methyl sites for hydroxylation is 1. The highest BCUT2D eigenvalue weighted by Crippen LogP contribution is 2.20. The van der Waals surface area contributed by atoms with Crippen molar-refractivity contribution < 1.29 is 4.79 Å². The van der Waals surface area contributed by atoms with Gasteiger partial charge in [0.15, 0.2) is 0 Å². The lowest BCUT2D eigenvalue weighted by Gasteiger charge is -2.35. The topological polar surface area (TPSA) is 75.3 Å². The van der Waals surface area contributed by atoms with Gasteiger partial charge < -0.3 is 10.6 Å². The number of hydrogen-bond donors (Lipinski definition) is 1. The molecule has 3 rings (SSSR count). The summed E-state index contributed by atoms with van der Waals surface area (Å²) >= 11 is 1.71.